The summed E-state index contributed by atoms with van der Waals surface area (Å²) in [6, 6.07) is 4.69. The maximum atomic E-state index is 13.6. The van der Waals surface area contributed by atoms with E-state index in [-0.39, 0.29) is 45.8 Å². The van der Waals surface area contributed by atoms with E-state index >= 15 is 0 Å². The van der Waals surface area contributed by atoms with Gasteiger partial charge in [-0.25, -0.2) is 8.78 Å². The molecule has 0 saturated carbocycles. The molecule has 0 spiro atoms. The molecule has 1 aromatic carbocycles. The van der Waals surface area contributed by atoms with Crippen LogP contribution in [0.2, 0.25) is 0 Å². The van der Waals surface area contributed by atoms with Gasteiger partial charge in [-0.1, -0.05) is 5.16 Å². The molecule has 0 atom stereocenters. The van der Waals surface area contributed by atoms with Crippen LogP contribution < -0.4 is 5.32 Å². The van der Waals surface area contributed by atoms with Gasteiger partial charge >= 0.3 is 0 Å². The number of rotatable bonds is 5. The van der Waals surface area contributed by atoms with Gasteiger partial charge in [0.05, 0.1) is 5.56 Å². The summed E-state index contributed by atoms with van der Waals surface area (Å²) in [6.07, 6.45) is 2.88. The fourth-order valence-corrected chi connectivity index (χ4v) is 3.39. The van der Waals surface area contributed by atoms with Gasteiger partial charge in [-0.3, -0.25) is 9.59 Å². The normalized spacial score (nSPS) is 14.6. The third-order valence-electron chi connectivity index (χ3n) is 5.03. The summed E-state index contributed by atoms with van der Waals surface area (Å²) in [5, 5.41) is 6.75. The smallest absolute Gasteiger partial charge is 0.267 e. The van der Waals surface area contributed by atoms with E-state index in [2.05, 4.69) is 15.5 Å². The number of ether oxygens (including phenoxy) is 1. The maximum absolute atomic E-state index is 13.6. The minimum atomic E-state index is -1.06. The first-order valence-electron chi connectivity index (χ1n) is 9.47. The van der Waals surface area contributed by atoms with Crippen LogP contribution in [0.1, 0.15) is 45.0 Å². The number of carbonyl (C=O) groups excluding carboxylic acids is 2. The zero-order chi connectivity index (χ0) is 21.3. The highest BCUT2D eigenvalue weighted by Crippen LogP contribution is 2.28. The lowest BCUT2D eigenvalue weighted by Gasteiger charge is -2.22. The Labute approximate surface area is 170 Å². The van der Waals surface area contributed by atoms with Gasteiger partial charge < -0.3 is 19.6 Å². The van der Waals surface area contributed by atoms with Crippen LogP contribution in [-0.4, -0.2) is 41.1 Å². The minimum Gasteiger partial charge on any atom is -0.381 e. The molecule has 9 heteroatoms. The molecular weight excluding hydrogens is 396 g/mol. The van der Waals surface area contributed by atoms with E-state index in [0.29, 0.717) is 13.2 Å². The topological polar surface area (TPSA) is 97.2 Å². The molecule has 1 aliphatic heterocycles. The predicted molar refractivity (Wildman–Crippen MR) is 102 cm³/mol. The van der Waals surface area contributed by atoms with Crippen LogP contribution >= 0.6 is 0 Å². The van der Waals surface area contributed by atoms with Crippen molar-refractivity contribution >= 4 is 11.7 Å². The molecule has 30 heavy (non-hydrogen) atoms. The summed E-state index contributed by atoms with van der Waals surface area (Å²) < 4.78 is 37.3. The number of amides is 1. The molecule has 4 rings (SSSR count). The van der Waals surface area contributed by atoms with E-state index < -0.39 is 17.4 Å². The number of aromatic amines is 1. The van der Waals surface area contributed by atoms with Crippen molar-refractivity contribution < 1.29 is 27.6 Å². The van der Waals surface area contributed by atoms with Crippen LogP contribution in [0.25, 0.3) is 11.3 Å². The Kier molecular flexibility index (Phi) is 5.45. The van der Waals surface area contributed by atoms with Crippen LogP contribution in [-0.2, 0) is 4.74 Å². The van der Waals surface area contributed by atoms with Gasteiger partial charge in [0.2, 0.25) is 0 Å². The van der Waals surface area contributed by atoms with Crippen LogP contribution in [0, 0.1) is 18.6 Å². The van der Waals surface area contributed by atoms with E-state index in [0.717, 1.165) is 25.0 Å². The Morgan fingerprint density at radius 3 is 2.67 bits per heavy atom. The number of ketones is 1. The molecule has 3 heterocycles. The quantitative estimate of drug-likeness (QED) is 0.623. The zero-order valence-electron chi connectivity index (χ0n) is 16.1. The first kappa shape index (κ1) is 20.0. The van der Waals surface area contributed by atoms with Crippen molar-refractivity contribution in [1.29, 1.82) is 0 Å². The highest BCUT2D eigenvalue weighted by molar-refractivity contribution is 6.13. The van der Waals surface area contributed by atoms with Gasteiger partial charge in [0.25, 0.3) is 5.91 Å². The molecule has 7 nitrogen and oxygen atoms in total. The van der Waals surface area contributed by atoms with Crippen molar-refractivity contribution in [2.75, 3.05) is 13.2 Å². The van der Waals surface area contributed by atoms with Gasteiger partial charge in [-0.15, -0.1) is 0 Å². The first-order chi connectivity index (χ1) is 14.4. The molecule has 0 unspecified atom stereocenters. The molecule has 1 fully saturated rings. The monoisotopic (exact) mass is 415 g/mol. The summed E-state index contributed by atoms with van der Waals surface area (Å²) in [5.41, 5.74) is 0.903. The molecule has 2 N–H and O–H groups in total. The molecule has 156 valence electrons. The SMILES string of the molecule is Cc1onc(-c2ccc(F)c(F)c2)c1C(=O)c1c[nH]c(C(=O)NC2CCOCC2)c1. The van der Waals surface area contributed by atoms with Gasteiger partial charge in [0.1, 0.15) is 17.1 Å². The molecular formula is C21H19F2N3O4. The number of halogens is 2. The third-order valence-corrected chi connectivity index (χ3v) is 5.03. The highest BCUT2D eigenvalue weighted by Gasteiger charge is 2.25. The average molecular weight is 415 g/mol. The largest absolute Gasteiger partial charge is 0.381 e. The zero-order valence-corrected chi connectivity index (χ0v) is 16.1. The van der Waals surface area contributed by atoms with Crippen LogP contribution in [0.4, 0.5) is 8.78 Å². The number of H-pyrrole nitrogens is 1. The van der Waals surface area contributed by atoms with Crippen LogP contribution in [0.5, 0.6) is 0 Å². The van der Waals surface area contributed by atoms with Crippen molar-refractivity contribution in [3.05, 3.63) is 64.7 Å². The average Bonchev–Trinajstić information content (AvgIpc) is 3.38. The van der Waals surface area contributed by atoms with Crippen LogP contribution in [0.3, 0.4) is 0 Å². The maximum Gasteiger partial charge on any atom is 0.267 e. The molecule has 0 bridgehead atoms. The lowest BCUT2D eigenvalue weighted by atomic mass is 9.99. The van der Waals surface area contributed by atoms with Gasteiger partial charge in [0, 0.05) is 36.6 Å². The van der Waals surface area contributed by atoms with Gasteiger partial charge in [-0.05, 0) is 44.0 Å². The molecule has 0 aliphatic carbocycles. The number of hydrogen-bond donors (Lipinski definition) is 2. The van der Waals surface area contributed by atoms with E-state index in [1.165, 1.54) is 18.3 Å². The molecule has 0 radical (unpaired) electrons. The van der Waals surface area contributed by atoms with E-state index in [4.69, 9.17) is 9.26 Å². The number of aromatic nitrogens is 2. The number of nitrogens with zero attached hydrogens (tertiary/aromatic N) is 1. The number of nitrogens with one attached hydrogen (secondary N) is 2. The second-order valence-corrected chi connectivity index (χ2v) is 7.08. The summed E-state index contributed by atoms with van der Waals surface area (Å²) in [7, 11) is 0. The van der Waals surface area contributed by atoms with Crippen molar-refractivity contribution in [3.63, 3.8) is 0 Å². The lowest BCUT2D eigenvalue weighted by molar-refractivity contribution is 0.0694. The summed E-state index contributed by atoms with van der Waals surface area (Å²) in [4.78, 5) is 28.3. The summed E-state index contributed by atoms with van der Waals surface area (Å²) in [5.74, 6) is -2.59. The lowest BCUT2D eigenvalue weighted by Crippen LogP contribution is -2.39. The molecule has 1 amide bonds. The Morgan fingerprint density at radius 2 is 1.93 bits per heavy atom. The minimum absolute atomic E-state index is 0.0222. The van der Waals surface area contributed by atoms with Gasteiger partial charge in [0.15, 0.2) is 17.4 Å². The second-order valence-electron chi connectivity index (χ2n) is 7.08. The molecule has 2 aromatic heterocycles. The van der Waals surface area contributed by atoms with Crippen molar-refractivity contribution in [1.82, 2.24) is 15.5 Å². The number of hydrogen-bond acceptors (Lipinski definition) is 5. The van der Waals surface area contributed by atoms with E-state index in [9.17, 15) is 18.4 Å². The number of benzene rings is 1. The molecule has 3 aromatic rings. The third kappa shape index (κ3) is 3.88. The van der Waals surface area contributed by atoms with Gasteiger partial charge in [-0.2, -0.15) is 0 Å². The van der Waals surface area contributed by atoms with Crippen LogP contribution in [0.15, 0.2) is 35.0 Å². The van der Waals surface area contributed by atoms with Crippen molar-refractivity contribution in [2.45, 2.75) is 25.8 Å². The second kappa shape index (κ2) is 8.19. The van der Waals surface area contributed by atoms with Crippen molar-refractivity contribution in [3.8, 4) is 11.3 Å². The van der Waals surface area contributed by atoms with Crippen molar-refractivity contribution in [2.24, 2.45) is 0 Å². The fraction of sp³-hybridized carbons (Fsp3) is 0.286. The Hall–Kier alpha value is -3.33. The Balaban J connectivity index is 1.58. The molecule has 1 saturated heterocycles. The molecule has 1 aliphatic rings. The van der Waals surface area contributed by atoms with E-state index in [1.54, 1.807) is 6.92 Å². The standard InChI is InChI=1S/C21H19F2N3O4/c1-11-18(19(26-30-11)12-2-3-15(22)16(23)8-12)20(27)13-9-17(24-10-13)21(28)25-14-4-6-29-7-5-14/h2-3,8-10,14,24H,4-7H2,1H3,(H,25,28). The fourth-order valence-electron chi connectivity index (χ4n) is 3.39. The Morgan fingerprint density at radius 1 is 1.17 bits per heavy atom. The Bertz CT molecular complexity index is 1100. The first-order valence-corrected chi connectivity index (χ1v) is 9.47. The summed E-state index contributed by atoms with van der Waals surface area (Å²) in [6.45, 7) is 2.74. The number of carbonyl (C=O) groups is 2. The predicted octanol–water partition coefficient (Wildman–Crippen LogP) is 3.40. The number of aryl methyl sites for hydroxylation is 1. The summed E-state index contributed by atoms with van der Waals surface area (Å²) >= 11 is 0. The van der Waals surface area contributed by atoms with E-state index in [1.807, 2.05) is 0 Å². The highest BCUT2D eigenvalue weighted by atomic mass is 19.2.